The van der Waals surface area contributed by atoms with Crippen LogP contribution in [0.2, 0.25) is 0 Å². The van der Waals surface area contributed by atoms with Crippen molar-refractivity contribution in [2.75, 3.05) is 13.7 Å². The van der Waals surface area contributed by atoms with Crippen molar-refractivity contribution < 1.29 is 13.9 Å². The zero-order valence-corrected chi connectivity index (χ0v) is 13.6. The molecule has 0 N–H and O–H groups in total. The maximum atomic E-state index is 13.1. The van der Waals surface area contributed by atoms with Gasteiger partial charge in [-0.15, -0.1) is 0 Å². The van der Waals surface area contributed by atoms with Crippen LogP contribution >= 0.6 is 0 Å². The molecule has 6 heteroatoms. The van der Waals surface area contributed by atoms with Crippen LogP contribution < -0.4 is 0 Å². The predicted octanol–water partition coefficient (Wildman–Crippen LogP) is 2.48. The van der Waals surface area contributed by atoms with Crippen LogP contribution in [0.4, 0.5) is 4.39 Å². The number of nitrogens with zero attached hydrogens (tertiary/aromatic N) is 3. The van der Waals surface area contributed by atoms with E-state index in [2.05, 4.69) is 9.97 Å². The SMILES string of the molecule is CO[C@H]1CCCN(C(=O)c2ccncn2)[C@H]1Cc1ccc(F)cc1. The van der Waals surface area contributed by atoms with Crippen LogP contribution in [-0.4, -0.2) is 46.6 Å². The summed E-state index contributed by atoms with van der Waals surface area (Å²) < 4.78 is 18.7. The molecule has 1 aromatic heterocycles. The van der Waals surface area contributed by atoms with Crippen molar-refractivity contribution in [3.63, 3.8) is 0 Å². The van der Waals surface area contributed by atoms with E-state index in [1.165, 1.54) is 18.5 Å². The summed E-state index contributed by atoms with van der Waals surface area (Å²) in [6, 6.07) is 7.91. The highest BCUT2D eigenvalue weighted by Gasteiger charge is 2.35. The average molecular weight is 329 g/mol. The van der Waals surface area contributed by atoms with Gasteiger partial charge >= 0.3 is 0 Å². The molecule has 2 heterocycles. The molecule has 0 bridgehead atoms. The molecule has 0 radical (unpaired) electrons. The van der Waals surface area contributed by atoms with Crippen LogP contribution in [0.5, 0.6) is 0 Å². The van der Waals surface area contributed by atoms with Crippen molar-refractivity contribution in [3.05, 3.63) is 59.9 Å². The molecule has 1 aliphatic heterocycles. The zero-order chi connectivity index (χ0) is 16.9. The largest absolute Gasteiger partial charge is 0.379 e. The van der Waals surface area contributed by atoms with Gasteiger partial charge in [-0.1, -0.05) is 12.1 Å². The molecule has 1 fully saturated rings. The molecule has 2 atom stereocenters. The number of hydrogen-bond acceptors (Lipinski definition) is 4. The molecule has 5 nitrogen and oxygen atoms in total. The average Bonchev–Trinajstić information content (AvgIpc) is 2.64. The Hall–Kier alpha value is -2.34. The number of benzene rings is 1. The van der Waals surface area contributed by atoms with E-state index in [0.29, 0.717) is 18.7 Å². The lowest BCUT2D eigenvalue weighted by molar-refractivity contribution is -0.0120. The predicted molar refractivity (Wildman–Crippen MR) is 87.0 cm³/mol. The normalized spacial score (nSPS) is 20.8. The number of piperidine rings is 1. The molecule has 24 heavy (non-hydrogen) atoms. The van der Waals surface area contributed by atoms with E-state index in [0.717, 1.165) is 18.4 Å². The molecule has 1 saturated heterocycles. The van der Waals surface area contributed by atoms with Crippen LogP contribution in [0.25, 0.3) is 0 Å². The molecule has 0 spiro atoms. The smallest absolute Gasteiger partial charge is 0.272 e. The first-order valence-electron chi connectivity index (χ1n) is 8.03. The number of amides is 1. The molecular weight excluding hydrogens is 309 g/mol. The number of hydrogen-bond donors (Lipinski definition) is 0. The summed E-state index contributed by atoms with van der Waals surface area (Å²) in [5.74, 6) is -0.383. The Morgan fingerprint density at radius 1 is 1.33 bits per heavy atom. The lowest BCUT2D eigenvalue weighted by Gasteiger charge is -2.40. The number of carbonyl (C=O) groups excluding carboxylic acids is 1. The van der Waals surface area contributed by atoms with Crippen molar-refractivity contribution in [1.29, 1.82) is 0 Å². The number of rotatable bonds is 4. The van der Waals surface area contributed by atoms with Gasteiger partial charge in [-0.25, -0.2) is 14.4 Å². The van der Waals surface area contributed by atoms with Gasteiger partial charge in [0.15, 0.2) is 0 Å². The fraction of sp³-hybridized carbons (Fsp3) is 0.389. The summed E-state index contributed by atoms with van der Waals surface area (Å²) in [4.78, 5) is 22.6. The maximum Gasteiger partial charge on any atom is 0.272 e. The van der Waals surface area contributed by atoms with Crippen LogP contribution in [0.15, 0.2) is 42.9 Å². The van der Waals surface area contributed by atoms with Crippen LogP contribution in [0, 0.1) is 5.82 Å². The maximum absolute atomic E-state index is 13.1. The monoisotopic (exact) mass is 329 g/mol. The van der Waals surface area contributed by atoms with E-state index in [-0.39, 0.29) is 23.9 Å². The van der Waals surface area contributed by atoms with Gasteiger partial charge in [0.2, 0.25) is 0 Å². The van der Waals surface area contributed by atoms with E-state index in [9.17, 15) is 9.18 Å². The Morgan fingerprint density at radius 2 is 2.12 bits per heavy atom. The zero-order valence-electron chi connectivity index (χ0n) is 13.6. The van der Waals surface area contributed by atoms with Crippen molar-refractivity contribution in [3.8, 4) is 0 Å². The Morgan fingerprint density at radius 3 is 2.79 bits per heavy atom. The summed E-state index contributed by atoms with van der Waals surface area (Å²) in [5, 5.41) is 0. The second-order valence-electron chi connectivity index (χ2n) is 5.91. The first kappa shape index (κ1) is 16.5. The van der Waals surface area contributed by atoms with E-state index in [1.807, 2.05) is 4.90 Å². The standard InChI is InChI=1S/C18H20FN3O2/c1-24-17-3-2-10-22(18(23)15-8-9-20-12-21-15)16(17)11-13-4-6-14(19)7-5-13/h4-9,12,16-17H,2-3,10-11H2,1H3/t16-,17-/m0/s1. The van der Waals surface area contributed by atoms with Crippen LogP contribution in [0.3, 0.4) is 0 Å². The fourth-order valence-corrected chi connectivity index (χ4v) is 3.22. The molecule has 1 aliphatic rings. The minimum absolute atomic E-state index is 0.0467. The van der Waals surface area contributed by atoms with Crippen molar-refractivity contribution >= 4 is 5.91 Å². The number of methoxy groups -OCH3 is 1. The molecule has 0 unspecified atom stereocenters. The molecule has 1 aromatic carbocycles. The lowest BCUT2D eigenvalue weighted by atomic mass is 9.92. The summed E-state index contributed by atoms with van der Waals surface area (Å²) in [6.45, 7) is 0.661. The summed E-state index contributed by atoms with van der Waals surface area (Å²) >= 11 is 0. The van der Waals surface area contributed by atoms with E-state index in [4.69, 9.17) is 4.74 Å². The highest BCUT2D eigenvalue weighted by atomic mass is 19.1. The fourth-order valence-electron chi connectivity index (χ4n) is 3.22. The van der Waals surface area contributed by atoms with Gasteiger partial charge < -0.3 is 9.64 Å². The van der Waals surface area contributed by atoms with Crippen LogP contribution in [-0.2, 0) is 11.2 Å². The number of ether oxygens (including phenoxy) is 1. The first-order chi connectivity index (χ1) is 11.7. The number of carbonyl (C=O) groups is 1. The molecule has 126 valence electrons. The minimum atomic E-state index is -0.264. The van der Waals surface area contributed by atoms with E-state index >= 15 is 0 Å². The van der Waals surface area contributed by atoms with Gasteiger partial charge in [0, 0.05) is 19.9 Å². The van der Waals surface area contributed by atoms with Crippen molar-refractivity contribution in [1.82, 2.24) is 14.9 Å². The number of halogens is 1. The van der Waals surface area contributed by atoms with Gasteiger partial charge in [-0.2, -0.15) is 0 Å². The Balaban J connectivity index is 1.84. The molecule has 1 amide bonds. The third kappa shape index (κ3) is 3.59. The topological polar surface area (TPSA) is 55.3 Å². The molecule has 3 rings (SSSR count). The molecule has 2 aromatic rings. The van der Waals surface area contributed by atoms with Crippen molar-refractivity contribution in [2.45, 2.75) is 31.4 Å². The van der Waals surface area contributed by atoms with Gasteiger partial charge in [-0.05, 0) is 43.0 Å². The van der Waals surface area contributed by atoms with Crippen LogP contribution in [0.1, 0.15) is 28.9 Å². The van der Waals surface area contributed by atoms with E-state index in [1.54, 1.807) is 31.5 Å². The molecule has 0 aliphatic carbocycles. The summed E-state index contributed by atoms with van der Waals surface area (Å²) in [7, 11) is 1.67. The van der Waals surface area contributed by atoms with Crippen molar-refractivity contribution in [2.24, 2.45) is 0 Å². The Bertz CT molecular complexity index is 678. The molecule has 0 saturated carbocycles. The highest BCUT2D eigenvalue weighted by Crippen LogP contribution is 2.25. The second kappa shape index (κ2) is 7.49. The highest BCUT2D eigenvalue weighted by molar-refractivity contribution is 5.92. The summed E-state index contributed by atoms with van der Waals surface area (Å²) in [6.07, 6.45) is 5.29. The first-order valence-corrected chi connectivity index (χ1v) is 8.03. The second-order valence-corrected chi connectivity index (χ2v) is 5.91. The Labute approximate surface area is 140 Å². The quantitative estimate of drug-likeness (QED) is 0.865. The number of aromatic nitrogens is 2. The number of likely N-dealkylation sites (tertiary alicyclic amines) is 1. The summed E-state index contributed by atoms with van der Waals surface area (Å²) in [5.41, 5.74) is 1.36. The van der Waals surface area contributed by atoms with Gasteiger partial charge in [-0.3, -0.25) is 4.79 Å². The molecular formula is C18H20FN3O2. The third-order valence-corrected chi connectivity index (χ3v) is 4.44. The van der Waals surface area contributed by atoms with Gasteiger partial charge in [0.1, 0.15) is 17.8 Å². The van der Waals surface area contributed by atoms with Gasteiger partial charge in [0.05, 0.1) is 12.1 Å². The van der Waals surface area contributed by atoms with E-state index < -0.39 is 0 Å². The van der Waals surface area contributed by atoms with Gasteiger partial charge in [0.25, 0.3) is 5.91 Å². The lowest BCUT2D eigenvalue weighted by Crippen LogP contribution is -2.52. The third-order valence-electron chi connectivity index (χ3n) is 4.44. The Kier molecular flexibility index (Phi) is 5.15. The minimum Gasteiger partial charge on any atom is -0.379 e.